The average molecular weight is 237 g/mol. The smallest absolute Gasteiger partial charge is 0.125 e. The van der Waals surface area contributed by atoms with Crippen LogP contribution in [0.3, 0.4) is 0 Å². The second-order valence-electron chi connectivity index (χ2n) is 5.52. The number of hydrogen-bond acceptors (Lipinski definition) is 3. The molecule has 1 rings (SSSR count). The molecule has 1 atom stereocenters. The van der Waals surface area contributed by atoms with Crippen molar-refractivity contribution in [3.05, 3.63) is 29.3 Å². The maximum absolute atomic E-state index is 10.9. The van der Waals surface area contributed by atoms with E-state index >= 15 is 0 Å². The molecule has 96 valence electrons. The maximum atomic E-state index is 10.9. The quantitative estimate of drug-likeness (QED) is 0.847. The molecule has 0 saturated heterocycles. The minimum atomic E-state index is -1.09. The Balaban J connectivity index is 3.43. The molecule has 0 saturated carbocycles. The number of ether oxygens (including phenoxy) is 1. The Bertz CT molecular complexity index is 396. The van der Waals surface area contributed by atoms with Crippen LogP contribution in [-0.4, -0.2) is 18.8 Å². The summed E-state index contributed by atoms with van der Waals surface area (Å²) < 4.78 is 5.33. The molecule has 0 fully saturated rings. The highest BCUT2D eigenvalue weighted by Crippen LogP contribution is 2.42. The molecule has 1 aromatic rings. The minimum Gasteiger partial charge on any atom is -0.496 e. The minimum absolute atomic E-state index is 0.163. The number of aliphatic hydroxyl groups is 1. The third-order valence-corrected chi connectivity index (χ3v) is 3.34. The van der Waals surface area contributed by atoms with Crippen LogP contribution in [0.15, 0.2) is 18.2 Å². The van der Waals surface area contributed by atoms with Crippen LogP contribution in [0.1, 0.15) is 31.9 Å². The maximum Gasteiger partial charge on any atom is 0.125 e. The van der Waals surface area contributed by atoms with E-state index in [9.17, 15) is 5.11 Å². The summed E-state index contributed by atoms with van der Waals surface area (Å²) in [6, 6.07) is 5.77. The second-order valence-corrected chi connectivity index (χ2v) is 5.52. The van der Waals surface area contributed by atoms with Gasteiger partial charge in [-0.3, -0.25) is 0 Å². The standard InChI is InChI=1S/C14H23NO2/c1-10-6-7-12(17-5)11(8-10)14(16,9-15)13(2,3)4/h6-8,16H,9,15H2,1-5H3. The van der Waals surface area contributed by atoms with Crippen LogP contribution in [0, 0.1) is 12.3 Å². The van der Waals surface area contributed by atoms with Crippen LogP contribution in [-0.2, 0) is 5.60 Å². The number of aryl methyl sites for hydroxylation is 1. The van der Waals surface area contributed by atoms with Crippen molar-refractivity contribution < 1.29 is 9.84 Å². The first-order valence-corrected chi connectivity index (χ1v) is 5.84. The van der Waals surface area contributed by atoms with Crippen LogP contribution in [0.25, 0.3) is 0 Å². The van der Waals surface area contributed by atoms with E-state index in [0.29, 0.717) is 5.75 Å². The fourth-order valence-corrected chi connectivity index (χ4v) is 1.97. The molecule has 0 radical (unpaired) electrons. The normalized spacial score (nSPS) is 15.5. The van der Waals surface area contributed by atoms with E-state index in [1.54, 1.807) is 7.11 Å². The molecule has 3 heteroatoms. The van der Waals surface area contributed by atoms with Gasteiger partial charge in [0.05, 0.1) is 7.11 Å². The van der Waals surface area contributed by atoms with Crippen molar-refractivity contribution in [2.24, 2.45) is 11.1 Å². The van der Waals surface area contributed by atoms with Gasteiger partial charge in [0.2, 0.25) is 0 Å². The molecular formula is C14H23NO2. The van der Waals surface area contributed by atoms with Gasteiger partial charge in [-0.05, 0) is 24.5 Å². The summed E-state index contributed by atoms with van der Waals surface area (Å²) in [6.07, 6.45) is 0. The Kier molecular flexibility index (Phi) is 3.84. The highest BCUT2D eigenvalue weighted by Gasteiger charge is 2.42. The van der Waals surface area contributed by atoms with Crippen LogP contribution in [0.5, 0.6) is 5.75 Å². The van der Waals surface area contributed by atoms with Crippen molar-refractivity contribution in [2.45, 2.75) is 33.3 Å². The first-order chi connectivity index (χ1) is 7.76. The summed E-state index contributed by atoms with van der Waals surface area (Å²) in [6.45, 7) is 8.07. The largest absolute Gasteiger partial charge is 0.496 e. The van der Waals surface area contributed by atoms with Gasteiger partial charge in [0.25, 0.3) is 0 Å². The fourth-order valence-electron chi connectivity index (χ4n) is 1.97. The summed E-state index contributed by atoms with van der Waals surface area (Å²) in [5.74, 6) is 0.679. The lowest BCUT2D eigenvalue weighted by atomic mass is 9.71. The highest BCUT2D eigenvalue weighted by atomic mass is 16.5. The van der Waals surface area contributed by atoms with E-state index in [1.165, 1.54) is 0 Å². The van der Waals surface area contributed by atoms with E-state index < -0.39 is 5.60 Å². The highest BCUT2D eigenvalue weighted by molar-refractivity contribution is 5.42. The Hall–Kier alpha value is -1.06. The van der Waals surface area contributed by atoms with Crippen LogP contribution in [0.2, 0.25) is 0 Å². The lowest BCUT2D eigenvalue weighted by Gasteiger charge is -2.40. The van der Waals surface area contributed by atoms with Crippen LogP contribution >= 0.6 is 0 Å². The van der Waals surface area contributed by atoms with Crippen molar-refractivity contribution in [2.75, 3.05) is 13.7 Å². The van der Waals surface area contributed by atoms with Gasteiger partial charge in [0.15, 0.2) is 0 Å². The van der Waals surface area contributed by atoms with E-state index in [4.69, 9.17) is 10.5 Å². The summed E-state index contributed by atoms with van der Waals surface area (Å²) >= 11 is 0. The molecule has 1 unspecified atom stereocenters. The van der Waals surface area contributed by atoms with Gasteiger partial charge >= 0.3 is 0 Å². The van der Waals surface area contributed by atoms with Crippen LogP contribution < -0.4 is 10.5 Å². The third-order valence-electron chi connectivity index (χ3n) is 3.34. The molecule has 0 aliphatic heterocycles. The average Bonchev–Trinajstić information content (AvgIpc) is 2.26. The van der Waals surface area contributed by atoms with Crippen LogP contribution in [0.4, 0.5) is 0 Å². The molecule has 0 amide bonds. The lowest BCUT2D eigenvalue weighted by molar-refractivity contribution is -0.0572. The van der Waals surface area contributed by atoms with E-state index in [0.717, 1.165) is 11.1 Å². The summed E-state index contributed by atoms with van der Waals surface area (Å²) in [5.41, 5.74) is 6.18. The SMILES string of the molecule is COc1ccc(C)cc1C(O)(CN)C(C)(C)C. The zero-order chi connectivity index (χ0) is 13.3. The summed E-state index contributed by atoms with van der Waals surface area (Å²) in [7, 11) is 1.60. The van der Waals surface area contributed by atoms with Crippen molar-refractivity contribution in [1.29, 1.82) is 0 Å². The topological polar surface area (TPSA) is 55.5 Å². The van der Waals surface area contributed by atoms with E-state index in [2.05, 4.69) is 0 Å². The van der Waals surface area contributed by atoms with Gasteiger partial charge in [-0.25, -0.2) is 0 Å². The van der Waals surface area contributed by atoms with E-state index in [1.807, 2.05) is 45.9 Å². The van der Waals surface area contributed by atoms with Crippen molar-refractivity contribution in [3.8, 4) is 5.75 Å². The molecule has 0 spiro atoms. The van der Waals surface area contributed by atoms with Gasteiger partial charge in [0, 0.05) is 12.1 Å². The second kappa shape index (κ2) is 4.67. The third kappa shape index (κ3) is 2.45. The lowest BCUT2D eigenvalue weighted by Crippen LogP contribution is -2.46. The zero-order valence-electron chi connectivity index (χ0n) is 11.4. The predicted molar refractivity (Wildman–Crippen MR) is 70.1 cm³/mol. The number of rotatable bonds is 3. The van der Waals surface area contributed by atoms with Crippen molar-refractivity contribution in [1.82, 2.24) is 0 Å². The molecular weight excluding hydrogens is 214 g/mol. The molecule has 0 bridgehead atoms. The van der Waals surface area contributed by atoms with Crippen molar-refractivity contribution >= 4 is 0 Å². The molecule has 0 aliphatic carbocycles. The van der Waals surface area contributed by atoms with Gasteiger partial charge in [-0.1, -0.05) is 32.4 Å². The Labute approximate surface area is 104 Å². The van der Waals surface area contributed by atoms with Gasteiger partial charge in [-0.2, -0.15) is 0 Å². The molecule has 3 N–H and O–H groups in total. The molecule has 3 nitrogen and oxygen atoms in total. The first kappa shape index (κ1) is 14.0. The summed E-state index contributed by atoms with van der Waals surface area (Å²) in [5, 5.41) is 10.9. The molecule has 1 aromatic carbocycles. The number of methoxy groups -OCH3 is 1. The van der Waals surface area contributed by atoms with Gasteiger partial charge in [-0.15, -0.1) is 0 Å². The van der Waals surface area contributed by atoms with E-state index in [-0.39, 0.29) is 12.0 Å². The number of hydrogen-bond donors (Lipinski definition) is 2. The van der Waals surface area contributed by atoms with Gasteiger partial charge in [0.1, 0.15) is 11.4 Å². The first-order valence-electron chi connectivity index (χ1n) is 5.84. The molecule has 0 heterocycles. The molecule has 0 aliphatic rings. The Morgan fingerprint density at radius 2 is 1.88 bits per heavy atom. The fraction of sp³-hybridized carbons (Fsp3) is 0.571. The summed E-state index contributed by atoms with van der Waals surface area (Å²) in [4.78, 5) is 0. The molecule has 17 heavy (non-hydrogen) atoms. The molecule has 0 aromatic heterocycles. The monoisotopic (exact) mass is 237 g/mol. The Morgan fingerprint density at radius 1 is 1.29 bits per heavy atom. The zero-order valence-corrected chi connectivity index (χ0v) is 11.4. The number of benzene rings is 1. The Morgan fingerprint density at radius 3 is 2.29 bits per heavy atom. The number of nitrogens with two attached hydrogens (primary N) is 1. The van der Waals surface area contributed by atoms with Gasteiger partial charge < -0.3 is 15.6 Å². The predicted octanol–water partition coefficient (Wildman–Crippen LogP) is 2.20. The van der Waals surface area contributed by atoms with Crippen molar-refractivity contribution in [3.63, 3.8) is 0 Å².